The number of hydrogen-bond donors (Lipinski definition) is 1. The summed E-state index contributed by atoms with van der Waals surface area (Å²) < 4.78 is 34.0. The van der Waals surface area contributed by atoms with Gasteiger partial charge < -0.3 is 4.74 Å². The molecule has 0 fully saturated rings. The Labute approximate surface area is 206 Å². The number of halogens is 4. The summed E-state index contributed by atoms with van der Waals surface area (Å²) in [4.78, 5) is 4.25. The maximum Gasteiger partial charge on any atom is 0.263 e. The highest BCUT2D eigenvalue weighted by Crippen LogP contribution is 2.39. The molecule has 1 N–H and O–H groups in total. The Morgan fingerprint density at radius 1 is 1.12 bits per heavy atom. The molecule has 0 unspecified atom stereocenters. The summed E-state index contributed by atoms with van der Waals surface area (Å²) in [6.45, 7) is 1.79. The van der Waals surface area contributed by atoms with Gasteiger partial charge in [0.2, 0.25) is 0 Å². The van der Waals surface area contributed by atoms with E-state index in [0.29, 0.717) is 12.2 Å². The van der Waals surface area contributed by atoms with E-state index in [4.69, 9.17) is 51.1 Å². The fraction of sp³-hybridized carbons (Fsp3) is 0.136. The van der Waals surface area contributed by atoms with Gasteiger partial charge in [0.1, 0.15) is 10.7 Å². The fourth-order valence-electron chi connectivity index (χ4n) is 2.84. The molecule has 0 aliphatic rings. The molecule has 1 aromatic heterocycles. The molecule has 0 aliphatic heterocycles. The molecular formula is C22H18Cl4N2O3S. The number of pyridine rings is 1. The molecule has 5 nitrogen and oxygen atoms in total. The van der Waals surface area contributed by atoms with Gasteiger partial charge in [0.15, 0.2) is 5.75 Å². The van der Waals surface area contributed by atoms with Crippen LogP contribution in [0.15, 0.2) is 70.8 Å². The number of nitrogens with one attached hydrogen (secondary N) is 1. The average molecular weight is 532 g/mol. The van der Waals surface area contributed by atoms with Gasteiger partial charge in [0.05, 0.1) is 32.5 Å². The van der Waals surface area contributed by atoms with E-state index in [2.05, 4.69) is 9.71 Å². The van der Waals surface area contributed by atoms with Crippen LogP contribution < -0.4 is 9.46 Å². The summed E-state index contributed by atoms with van der Waals surface area (Å²) in [5.41, 5.74) is 0.973. The third-order valence-electron chi connectivity index (χ3n) is 4.21. The monoisotopic (exact) mass is 530 g/mol. The number of sulfonamides is 1. The molecule has 168 valence electrons. The molecule has 0 atom stereocenters. The number of benzene rings is 2. The predicted octanol–water partition coefficient (Wildman–Crippen LogP) is 7.73. The minimum atomic E-state index is -4.00. The minimum absolute atomic E-state index is 0.0234. The first-order chi connectivity index (χ1) is 15.2. The van der Waals surface area contributed by atoms with Gasteiger partial charge in [0, 0.05) is 11.3 Å². The summed E-state index contributed by atoms with van der Waals surface area (Å²) in [6.07, 6.45) is 4.90. The number of rotatable bonds is 8. The molecule has 3 rings (SSSR count). The molecule has 0 amide bonds. The minimum Gasteiger partial charge on any atom is -0.453 e. The van der Waals surface area contributed by atoms with Crippen LogP contribution >= 0.6 is 46.4 Å². The highest BCUT2D eigenvalue weighted by Gasteiger charge is 2.22. The molecule has 32 heavy (non-hydrogen) atoms. The zero-order chi connectivity index (χ0) is 23.3. The molecule has 1 heterocycles. The molecule has 10 heteroatoms. The Bertz CT molecular complexity index is 1280. The average Bonchev–Trinajstić information content (AvgIpc) is 2.74. The van der Waals surface area contributed by atoms with Crippen molar-refractivity contribution in [2.45, 2.75) is 13.3 Å². The maximum atomic E-state index is 12.9. The number of para-hydroxylation sites is 1. The van der Waals surface area contributed by atoms with Gasteiger partial charge >= 0.3 is 0 Å². The van der Waals surface area contributed by atoms with Crippen LogP contribution in [0, 0.1) is 0 Å². The summed E-state index contributed by atoms with van der Waals surface area (Å²) in [7, 11) is -4.00. The van der Waals surface area contributed by atoms with Crippen molar-refractivity contribution in [3.05, 3.63) is 80.8 Å². The van der Waals surface area contributed by atoms with Crippen molar-refractivity contribution in [2.75, 3.05) is 10.6 Å². The Morgan fingerprint density at radius 3 is 2.47 bits per heavy atom. The van der Waals surface area contributed by atoms with Crippen LogP contribution in [0.3, 0.4) is 0 Å². The van der Waals surface area contributed by atoms with Crippen LogP contribution in [0.2, 0.25) is 10.0 Å². The molecule has 2 aromatic carbocycles. The molecule has 0 spiro atoms. The molecule has 0 saturated carbocycles. The van der Waals surface area contributed by atoms with E-state index in [1.807, 2.05) is 24.3 Å². The first-order valence-corrected chi connectivity index (χ1v) is 12.6. The van der Waals surface area contributed by atoms with Crippen molar-refractivity contribution >= 4 is 73.0 Å². The number of allylic oxidation sites excluding steroid dienone is 3. The topological polar surface area (TPSA) is 68.3 Å². The molecule has 0 saturated heterocycles. The second-order valence-electron chi connectivity index (χ2n) is 6.52. The largest absolute Gasteiger partial charge is 0.453 e. The Kier molecular flexibility index (Phi) is 8.31. The summed E-state index contributed by atoms with van der Waals surface area (Å²) in [5, 5.41) is 1.15. The number of fused-ring (bicyclic) bond motifs is 1. The first-order valence-electron chi connectivity index (χ1n) is 9.41. The molecule has 0 bridgehead atoms. The third-order valence-corrected chi connectivity index (χ3v) is 6.86. The van der Waals surface area contributed by atoms with E-state index in [0.717, 1.165) is 10.9 Å². The van der Waals surface area contributed by atoms with E-state index in [1.165, 1.54) is 24.3 Å². The molecule has 0 aliphatic carbocycles. The lowest BCUT2D eigenvalue weighted by Crippen LogP contribution is -2.15. The zero-order valence-electron chi connectivity index (χ0n) is 16.8. The summed E-state index contributed by atoms with van der Waals surface area (Å²) in [5.74, 6) is 0.688. The number of aromatic nitrogens is 1. The van der Waals surface area contributed by atoms with Gasteiger partial charge in [-0.15, -0.1) is 11.6 Å². The van der Waals surface area contributed by atoms with Gasteiger partial charge in [-0.25, -0.2) is 8.42 Å². The van der Waals surface area contributed by atoms with E-state index in [1.54, 1.807) is 19.2 Å². The molecular weight excluding hydrogens is 514 g/mol. The third kappa shape index (κ3) is 5.88. The highest BCUT2D eigenvalue weighted by molar-refractivity contribution is 7.96. The smallest absolute Gasteiger partial charge is 0.263 e. The van der Waals surface area contributed by atoms with Gasteiger partial charge in [-0.05, 0) is 36.8 Å². The lowest BCUT2D eigenvalue weighted by Gasteiger charge is -2.14. The molecule has 0 radical (unpaired) electrons. The first kappa shape index (κ1) is 24.7. The van der Waals surface area contributed by atoms with Gasteiger partial charge in [0.25, 0.3) is 10.0 Å². The van der Waals surface area contributed by atoms with Crippen molar-refractivity contribution in [2.24, 2.45) is 0 Å². The van der Waals surface area contributed by atoms with Crippen molar-refractivity contribution in [1.29, 1.82) is 0 Å². The van der Waals surface area contributed by atoms with Crippen LogP contribution in [-0.4, -0.2) is 19.3 Å². The number of hydrogen-bond acceptors (Lipinski definition) is 4. The Balaban J connectivity index is 1.89. The Hall–Kier alpha value is -1.96. The second-order valence-corrected chi connectivity index (χ2v) is 9.70. The van der Waals surface area contributed by atoms with E-state index in [9.17, 15) is 8.42 Å². The molecule has 3 aromatic rings. The predicted molar refractivity (Wildman–Crippen MR) is 134 cm³/mol. The summed E-state index contributed by atoms with van der Waals surface area (Å²) in [6, 6.07) is 12.2. The van der Waals surface area contributed by atoms with E-state index < -0.39 is 10.0 Å². The van der Waals surface area contributed by atoms with Crippen molar-refractivity contribution in [3.63, 3.8) is 0 Å². The van der Waals surface area contributed by atoms with Crippen molar-refractivity contribution in [1.82, 2.24) is 4.98 Å². The number of anilines is 1. The normalized spacial score (nSPS) is 12.8. The van der Waals surface area contributed by atoms with Crippen molar-refractivity contribution < 1.29 is 13.2 Å². The van der Waals surface area contributed by atoms with Gasteiger partial charge in [-0.2, -0.15) is 0 Å². The maximum absolute atomic E-state index is 12.9. The van der Waals surface area contributed by atoms with Gasteiger partial charge in [-0.3, -0.25) is 9.71 Å². The van der Waals surface area contributed by atoms with E-state index >= 15 is 0 Å². The summed E-state index contributed by atoms with van der Waals surface area (Å²) >= 11 is 24.5. The quantitative estimate of drug-likeness (QED) is 0.238. The van der Waals surface area contributed by atoms with Crippen LogP contribution in [-0.2, 0) is 10.0 Å². The van der Waals surface area contributed by atoms with E-state index in [-0.39, 0.29) is 37.3 Å². The van der Waals surface area contributed by atoms with Crippen LogP contribution in [0.4, 0.5) is 5.69 Å². The second kappa shape index (κ2) is 10.8. The van der Waals surface area contributed by atoms with Crippen LogP contribution in [0.25, 0.3) is 10.9 Å². The van der Waals surface area contributed by atoms with Gasteiger partial charge in [-0.1, -0.05) is 66.0 Å². The fourth-order valence-corrected chi connectivity index (χ4v) is 5.36. The standard InChI is InChI=1S/C22H18Cl4N2O3S/c1-2-5-21(17(24)8-9-23)32(29,30)28-15-11-18(25)22(19(26)12-15)31-16-10-14-6-3-4-7-20(14)27-13-16/h3-8,10-13,28H,2,9H2,1H3/b17-8+,21-5+. The SMILES string of the molecule is CC/C=C(\C(Cl)=C/CCl)S(=O)(=O)Nc1cc(Cl)c(Oc2cnc3ccccc3c2)c(Cl)c1. The number of ether oxygens (including phenoxy) is 1. The van der Waals surface area contributed by atoms with Crippen LogP contribution in [0.5, 0.6) is 11.5 Å². The number of alkyl halides is 1. The highest BCUT2D eigenvalue weighted by atomic mass is 35.5. The number of nitrogens with zero attached hydrogens (tertiary/aromatic N) is 1. The Morgan fingerprint density at radius 2 is 1.81 bits per heavy atom. The zero-order valence-corrected chi connectivity index (χ0v) is 20.6. The van der Waals surface area contributed by atoms with Crippen molar-refractivity contribution in [3.8, 4) is 11.5 Å². The van der Waals surface area contributed by atoms with Crippen LogP contribution in [0.1, 0.15) is 13.3 Å². The lowest BCUT2D eigenvalue weighted by molar-refractivity contribution is 0.482. The lowest BCUT2D eigenvalue weighted by atomic mass is 10.2.